The van der Waals surface area contributed by atoms with Crippen LogP contribution >= 0.6 is 0 Å². The molecule has 1 heterocycles. The molecular formula is C20H17FN2O3. The van der Waals surface area contributed by atoms with Crippen molar-refractivity contribution in [3.05, 3.63) is 64.3 Å². The maximum absolute atomic E-state index is 13.8. The lowest BCUT2D eigenvalue weighted by Gasteiger charge is -2.16. The summed E-state index contributed by atoms with van der Waals surface area (Å²) in [5, 5.41) is 19.8. The summed E-state index contributed by atoms with van der Waals surface area (Å²) in [5.41, 5.74) is 0.776. The summed E-state index contributed by atoms with van der Waals surface area (Å²) >= 11 is 0. The van der Waals surface area contributed by atoms with Crippen molar-refractivity contribution in [1.29, 1.82) is 5.26 Å². The highest BCUT2D eigenvalue weighted by atomic mass is 19.1. The van der Waals surface area contributed by atoms with Gasteiger partial charge in [0.2, 0.25) is 0 Å². The minimum atomic E-state index is -0.435. The number of rotatable bonds is 5. The molecule has 0 atom stereocenters. The third kappa shape index (κ3) is 3.05. The summed E-state index contributed by atoms with van der Waals surface area (Å²) in [5.74, 6) is 0.0992. The van der Waals surface area contributed by atoms with E-state index in [9.17, 15) is 14.4 Å². The predicted molar refractivity (Wildman–Crippen MR) is 96.6 cm³/mol. The molecule has 0 unspecified atom stereocenters. The molecule has 0 saturated carbocycles. The summed E-state index contributed by atoms with van der Waals surface area (Å²) in [7, 11) is 1.51. The van der Waals surface area contributed by atoms with Crippen LogP contribution in [-0.4, -0.2) is 23.4 Å². The molecule has 0 bridgehead atoms. The molecule has 0 spiro atoms. The SMILES string of the molecule is COc1ccc2c(=O)n(CCCO)c(C#N)c(-c3cccc(F)c3)c2c1. The number of ether oxygens (including phenoxy) is 1. The van der Waals surface area contributed by atoms with Gasteiger partial charge in [0.1, 0.15) is 23.3 Å². The third-order valence-electron chi connectivity index (χ3n) is 4.24. The van der Waals surface area contributed by atoms with Gasteiger partial charge in [-0.15, -0.1) is 0 Å². The fourth-order valence-electron chi connectivity index (χ4n) is 3.05. The van der Waals surface area contributed by atoms with Gasteiger partial charge in [-0.1, -0.05) is 12.1 Å². The number of pyridine rings is 1. The number of benzene rings is 2. The normalized spacial score (nSPS) is 10.7. The van der Waals surface area contributed by atoms with Crippen LogP contribution in [0.3, 0.4) is 0 Å². The summed E-state index contributed by atoms with van der Waals surface area (Å²) in [6.45, 7) is 0.0930. The molecule has 0 aliphatic rings. The van der Waals surface area contributed by atoms with Crippen LogP contribution < -0.4 is 10.3 Å². The van der Waals surface area contributed by atoms with E-state index in [0.29, 0.717) is 34.1 Å². The molecule has 0 radical (unpaired) electrons. The number of halogens is 1. The Labute approximate surface area is 149 Å². The summed E-state index contributed by atoms with van der Waals surface area (Å²) in [4.78, 5) is 12.9. The molecule has 26 heavy (non-hydrogen) atoms. The van der Waals surface area contributed by atoms with Gasteiger partial charge in [-0.25, -0.2) is 4.39 Å². The predicted octanol–water partition coefficient (Wildman–Crippen LogP) is 3.07. The molecule has 0 aliphatic heterocycles. The Morgan fingerprint density at radius 1 is 1.23 bits per heavy atom. The van der Waals surface area contributed by atoms with Gasteiger partial charge < -0.3 is 9.84 Å². The molecule has 0 amide bonds. The lowest BCUT2D eigenvalue weighted by atomic mass is 9.96. The molecule has 1 N–H and O–H groups in total. The second kappa shape index (κ2) is 7.38. The zero-order chi connectivity index (χ0) is 18.7. The molecule has 1 aromatic heterocycles. The van der Waals surface area contributed by atoms with E-state index in [4.69, 9.17) is 9.84 Å². The van der Waals surface area contributed by atoms with Gasteiger partial charge in [-0.05, 0) is 42.3 Å². The first kappa shape index (κ1) is 17.6. The van der Waals surface area contributed by atoms with E-state index >= 15 is 0 Å². The summed E-state index contributed by atoms with van der Waals surface area (Å²) < 4.78 is 20.4. The van der Waals surface area contributed by atoms with Crippen LogP contribution in [0, 0.1) is 17.1 Å². The number of aliphatic hydroxyl groups is 1. The van der Waals surface area contributed by atoms with Gasteiger partial charge in [0, 0.05) is 29.5 Å². The number of fused-ring (bicyclic) bond motifs is 1. The van der Waals surface area contributed by atoms with Crippen molar-refractivity contribution in [1.82, 2.24) is 4.57 Å². The van der Waals surface area contributed by atoms with Crippen molar-refractivity contribution in [2.45, 2.75) is 13.0 Å². The zero-order valence-electron chi connectivity index (χ0n) is 14.2. The number of hydrogen-bond acceptors (Lipinski definition) is 4. The average molecular weight is 352 g/mol. The van der Waals surface area contributed by atoms with E-state index in [1.54, 1.807) is 30.3 Å². The lowest BCUT2D eigenvalue weighted by Crippen LogP contribution is -2.24. The van der Waals surface area contributed by atoms with Crippen LogP contribution in [0.25, 0.3) is 21.9 Å². The van der Waals surface area contributed by atoms with E-state index in [1.807, 2.05) is 0 Å². The molecule has 0 fully saturated rings. The van der Waals surface area contributed by atoms with Crippen molar-refractivity contribution in [3.63, 3.8) is 0 Å². The fraction of sp³-hybridized carbons (Fsp3) is 0.200. The van der Waals surface area contributed by atoms with Crippen LogP contribution in [-0.2, 0) is 6.54 Å². The highest BCUT2D eigenvalue weighted by molar-refractivity contribution is 5.99. The minimum absolute atomic E-state index is 0.104. The lowest BCUT2D eigenvalue weighted by molar-refractivity contribution is 0.279. The van der Waals surface area contributed by atoms with Crippen molar-refractivity contribution in [2.24, 2.45) is 0 Å². The molecule has 6 heteroatoms. The van der Waals surface area contributed by atoms with E-state index < -0.39 is 5.82 Å². The Hall–Kier alpha value is -3.17. The number of hydrogen-bond donors (Lipinski definition) is 1. The van der Waals surface area contributed by atoms with Crippen molar-refractivity contribution >= 4 is 10.8 Å². The topological polar surface area (TPSA) is 75.2 Å². The van der Waals surface area contributed by atoms with Crippen LogP contribution in [0.4, 0.5) is 4.39 Å². The summed E-state index contributed by atoms with van der Waals surface area (Å²) in [6.07, 6.45) is 0.332. The number of methoxy groups -OCH3 is 1. The molecule has 3 rings (SSSR count). The molecule has 0 saturated heterocycles. The van der Waals surface area contributed by atoms with Crippen molar-refractivity contribution < 1.29 is 14.2 Å². The molecule has 5 nitrogen and oxygen atoms in total. The first-order chi connectivity index (χ1) is 12.6. The molecule has 3 aromatic rings. The van der Waals surface area contributed by atoms with Crippen molar-refractivity contribution in [2.75, 3.05) is 13.7 Å². The van der Waals surface area contributed by atoms with E-state index in [-0.39, 0.29) is 24.4 Å². The van der Waals surface area contributed by atoms with Crippen molar-refractivity contribution in [3.8, 4) is 22.9 Å². The third-order valence-corrected chi connectivity index (χ3v) is 4.24. The number of nitriles is 1. The van der Waals surface area contributed by atoms with Gasteiger partial charge in [0.15, 0.2) is 0 Å². The van der Waals surface area contributed by atoms with E-state index in [1.165, 1.54) is 23.8 Å². The van der Waals surface area contributed by atoms with Crippen LogP contribution in [0.1, 0.15) is 12.1 Å². The standard InChI is InChI=1S/C20H17FN2O3/c1-26-15-6-7-16-17(11-15)19(13-4-2-5-14(21)10-13)18(12-22)23(20(16)25)8-3-9-24/h2,4-7,10-11,24H,3,8-9H2,1H3. The molecule has 132 valence electrons. The first-order valence-corrected chi connectivity index (χ1v) is 8.12. The average Bonchev–Trinajstić information content (AvgIpc) is 2.66. The Morgan fingerprint density at radius 3 is 2.69 bits per heavy atom. The number of nitrogens with zero attached hydrogens (tertiary/aromatic N) is 2. The second-order valence-electron chi connectivity index (χ2n) is 5.79. The molecular weight excluding hydrogens is 335 g/mol. The summed E-state index contributed by atoms with van der Waals surface area (Å²) in [6, 6.07) is 13.0. The van der Waals surface area contributed by atoms with Gasteiger partial charge in [0.25, 0.3) is 5.56 Å². The maximum atomic E-state index is 13.8. The monoisotopic (exact) mass is 352 g/mol. The van der Waals surface area contributed by atoms with Gasteiger partial charge >= 0.3 is 0 Å². The zero-order valence-corrected chi connectivity index (χ0v) is 14.2. The smallest absolute Gasteiger partial charge is 0.259 e. The van der Waals surface area contributed by atoms with E-state index in [0.717, 1.165) is 0 Å². The Kier molecular flexibility index (Phi) is 5.01. The van der Waals surface area contributed by atoms with E-state index in [2.05, 4.69) is 6.07 Å². The second-order valence-corrected chi connectivity index (χ2v) is 5.79. The quantitative estimate of drug-likeness (QED) is 0.766. The van der Waals surface area contributed by atoms with Crippen LogP contribution in [0.15, 0.2) is 47.3 Å². The minimum Gasteiger partial charge on any atom is -0.497 e. The highest BCUT2D eigenvalue weighted by Crippen LogP contribution is 2.33. The number of aromatic nitrogens is 1. The Balaban J connectivity index is 2.47. The number of aliphatic hydroxyl groups excluding tert-OH is 1. The van der Waals surface area contributed by atoms with Crippen LogP contribution in [0.5, 0.6) is 5.75 Å². The Morgan fingerprint density at radius 2 is 2.04 bits per heavy atom. The fourth-order valence-corrected chi connectivity index (χ4v) is 3.05. The van der Waals surface area contributed by atoms with Gasteiger partial charge in [0.05, 0.1) is 7.11 Å². The van der Waals surface area contributed by atoms with Gasteiger partial charge in [-0.3, -0.25) is 9.36 Å². The Bertz CT molecular complexity index is 1070. The van der Waals surface area contributed by atoms with Crippen LogP contribution in [0.2, 0.25) is 0 Å². The highest BCUT2D eigenvalue weighted by Gasteiger charge is 2.19. The van der Waals surface area contributed by atoms with Gasteiger partial charge in [-0.2, -0.15) is 5.26 Å². The molecule has 2 aromatic carbocycles. The molecule has 0 aliphatic carbocycles. The first-order valence-electron chi connectivity index (χ1n) is 8.12. The maximum Gasteiger partial charge on any atom is 0.259 e. The largest absolute Gasteiger partial charge is 0.497 e.